The average molecular weight is 200 g/mol. The largest absolute Gasteiger partial charge is 0.707 e. The van der Waals surface area contributed by atoms with Gasteiger partial charge >= 0.3 is 7.32 Å². The predicted molar refractivity (Wildman–Crippen MR) is 47.7 cm³/mol. The van der Waals surface area contributed by atoms with Gasteiger partial charge in [0.15, 0.2) is 0 Å². The molecule has 0 saturated heterocycles. The number of carbonyl (C=O) groups is 1. The van der Waals surface area contributed by atoms with E-state index in [9.17, 15) is 4.79 Å². The fourth-order valence-electron chi connectivity index (χ4n) is 0.800. The molecule has 0 aliphatic carbocycles. The lowest BCUT2D eigenvalue weighted by Crippen LogP contribution is -2.20. The number of hydrogen-bond acceptors (Lipinski definition) is 4. The molecule has 0 amide bonds. The molecule has 0 aromatic heterocycles. The van der Waals surface area contributed by atoms with E-state index in [1.54, 1.807) is 0 Å². The summed E-state index contributed by atoms with van der Waals surface area (Å²) in [6.07, 6.45) is 0.630. The maximum absolute atomic E-state index is 10.3. The van der Waals surface area contributed by atoms with Crippen molar-refractivity contribution in [2.24, 2.45) is 0 Å². The van der Waals surface area contributed by atoms with Crippen molar-refractivity contribution in [3.05, 3.63) is 28.8 Å². The van der Waals surface area contributed by atoms with E-state index in [4.69, 9.17) is 21.6 Å². The zero-order chi connectivity index (χ0) is 9.84. The predicted octanol–water partition coefficient (Wildman–Crippen LogP) is 0.501. The topological polar surface area (TPSA) is 66.8 Å². The second-order valence-corrected chi connectivity index (χ2v) is 2.66. The molecule has 1 rings (SSSR count). The lowest BCUT2D eigenvalue weighted by Gasteiger charge is -2.06. The first-order valence-corrected chi connectivity index (χ1v) is 3.79. The van der Waals surface area contributed by atoms with Gasteiger partial charge in [0.05, 0.1) is 5.02 Å². The fraction of sp³-hybridized carbons (Fsp3) is 0. The summed E-state index contributed by atoms with van der Waals surface area (Å²) in [6, 6.07) is 4.20. The van der Waals surface area contributed by atoms with E-state index in [0.29, 0.717) is 11.8 Å². The van der Waals surface area contributed by atoms with E-state index in [1.807, 2.05) is 0 Å². The molecule has 13 heavy (non-hydrogen) atoms. The molecule has 1 aromatic rings. The van der Waals surface area contributed by atoms with E-state index in [-0.39, 0.29) is 10.8 Å². The van der Waals surface area contributed by atoms with E-state index >= 15 is 0 Å². The van der Waals surface area contributed by atoms with Gasteiger partial charge in [0, 0.05) is 5.56 Å². The molecule has 0 aliphatic rings. The van der Waals surface area contributed by atoms with E-state index in [1.165, 1.54) is 18.2 Å². The van der Waals surface area contributed by atoms with Crippen molar-refractivity contribution in [1.29, 1.82) is 0 Å². The van der Waals surface area contributed by atoms with Crippen LogP contribution in [0.15, 0.2) is 18.2 Å². The van der Waals surface area contributed by atoms with Crippen molar-refractivity contribution in [1.82, 2.24) is 0 Å². The SMILES string of the molecule is O=Cc1ccc(OB(O)O)c(Cl)c1. The third-order valence-electron chi connectivity index (χ3n) is 1.32. The molecule has 0 fully saturated rings. The van der Waals surface area contributed by atoms with Gasteiger partial charge in [0.25, 0.3) is 0 Å². The Bertz CT molecular complexity index is 315. The minimum atomic E-state index is -1.92. The quantitative estimate of drug-likeness (QED) is 0.551. The first-order chi connectivity index (χ1) is 6.13. The van der Waals surface area contributed by atoms with Crippen LogP contribution in [0.1, 0.15) is 10.4 Å². The lowest BCUT2D eigenvalue weighted by atomic mass is 10.2. The molecule has 0 spiro atoms. The Morgan fingerprint density at radius 2 is 2.15 bits per heavy atom. The van der Waals surface area contributed by atoms with Crippen LogP contribution >= 0.6 is 11.6 Å². The Morgan fingerprint density at radius 3 is 2.62 bits per heavy atom. The van der Waals surface area contributed by atoms with Crippen LogP contribution in [-0.4, -0.2) is 23.7 Å². The first-order valence-electron chi connectivity index (χ1n) is 3.41. The molecule has 4 nitrogen and oxygen atoms in total. The number of benzene rings is 1. The molecule has 0 saturated carbocycles. The second-order valence-electron chi connectivity index (χ2n) is 2.25. The Hall–Kier alpha value is -1.04. The van der Waals surface area contributed by atoms with Crippen LogP contribution in [0.5, 0.6) is 5.75 Å². The molecule has 0 aliphatic heterocycles. The van der Waals surface area contributed by atoms with Crippen LogP contribution < -0.4 is 4.65 Å². The van der Waals surface area contributed by atoms with Crippen LogP contribution in [0.3, 0.4) is 0 Å². The summed E-state index contributed by atoms with van der Waals surface area (Å²) in [4.78, 5) is 10.3. The number of halogens is 1. The van der Waals surface area contributed by atoms with Crippen molar-refractivity contribution in [2.45, 2.75) is 0 Å². The molecule has 68 valence electrons. The molecular weight excluding hydrogens is 194 g/mol. The Kier molecular flexibility index (Phi) is 3.30. The van der Waals surface area contributed by atoms with Crippen LogP contribution in [0.25, 0.3) is 0 Å². The first kappa shape index (κ1) is 10.0. The standard InChI is InChI=1S/C7H6BClO4/c9-6-3-5(4-10)1-2-7(6)13-8(11)12/h1-4,11-12H. The summed E-state index contributed by atoms with van der Waals surface area (Å²) in [5, 5.41) is 17.1. The molecule has 0 bridgehead atoms. The van der Waals surface area contributed by atoms with Crippen molar-refractivity contribution in [3.8, 4) is 5.75 Å². The van der Waals surface area contributed by atoms with Gasteiger partial charge in [-0.2, -0.15) is 0 Å². The van der Waals surface area contributed by atoms with E-state index < -0.39 is 7.32 Å². The minimum absolute atomic E-state index is 0.113. The normalized spacial score (nSPS) is 9.46. The smallest absolute Gasteiger partial charge is 0.511 e. The molecule has 0 heterocycles. The zero-order valence-electron chi connectivity index (χ0n) is 6.48. The molecular formula is C7H6BClO4. The Labute approximate surface area is 79.9 Å². The zero-order valence-corrected chi connectivity index (χ0v) is 7.23. The van der Waals surface area contributed by atoms with Gasteiger partial charge in [0.1, 0.15) is 12.0 Å². The van der Waals surface area contributed by atoms with Crippen molar-refractivity contribution < 1.29 is 19.5 Å². The van der Waals surface area contributed by atoms with E-state index in [0.717, 1.165) is 0 Å². The van der Waals surface area contributed by atoms with Gasteiger partial charge in [-0.3, -0.25) is 4.79 Å². The monoisotopic (exact) mass is 200 g/mol. The summed E-state index contributed by atoms with van der Waals surface area (Å²) >= 11 is 5.65. The Balaban J connectivity index is 2.91. The summed E-state index contributed by atoms with van der Waals surface area (Å²) in [5.41, 5.74) is 0.393. The molecule has 0 radical (unpaired) electrons. The molecule has 6 heteroatoms. The van der Waals surface area contributed by atoms with Gasteiger partial charge in [-0.1, -0.05) is 11.6 Å². The molecule has 0 atom stereocenters. The van der Waals surface area contributed by atoms with Crippen LogP contribution in [0.2, 0.25) is 5.02 Å². The third kappa shape index (κ3) is 2.73. The average Bonchev–Trinajstić information content (AvgIpc) is 2.08. The van der Waals surface area contributed by atoms with Gasteiger partial charge < -0.3 is 14.7 Å². The van der Waals surface area contributed by atoms with Crippen LogP contribution in [0, 0.1) is 0 Å². The number of carbonyl (C=O) groups excluding carboxylic acids is 1. The lowest BCUT2D eigenvalue weighted by molar-refractivity contribution is 0.112. The van der Waals surface area contributed by atoms with Crippen molar-refractivity contribution in [3.63, 3.8) is 0 Å². The highest BCUT2D eigenvalue weighted by Gasteiger charge is 2.13. The Morgan fingerprint density at radius 1 is 1.46 bits per heavy atom. The number of hydrogen-bond donors (Lipinski definition) is 2. The highest BCUT2D eigenvalue weighted by Crippen LogP contribution is 2.24. The van der Waals surface area contributed by atoms with Gasteiger partial charge in [-0.05, 0) is 18.2 Å². The summed E-state index contributed by atoms with van der Waals surface area (Å²) in [5.74, 6) is 0.113. The van der Waals surface area contributed by atoms with Crippen LogP contribution in [-0.2, 0) is 0 Å². The van der Waals surface area contributed by atoms with Crippen LogP contribution in [0.4, 0.5) is 0 Å². The molecule has 2 N–H and O–H groups in total. The summed E-state index contributed by atoms with van der Waals surface area (Å²) in [7, 11) is -1.92. The maximum Gasteiger partial charge on any atom is 0.707 e. The highest BCUT2D eigenvalue weighted by molar-refractivity contribution is 6.36. The van der Waals surface area contributed by atoms with Crippen molar-refractivity contribution in [2.75, 3.05) is 0 Å². The molecule has 1 aromatic carbocycles. The summed E-state index contributed by atoms with van der Waals surface area (Å²) < 4.78 is 4.51. The number of aldehydes is 1. The van der Waals surface area contributed by atoms with E-state index in [2.05, 4.69) is 4.65 Å². The summed E-state index contributed by atoms with van der Waals surface area (Å²) in [6.45, 7) is 0. The third-order valence-corrected chi connectivity index (χ3v) is 1.62. The van der Waals surface area contributed by atoms with Gasteiger partial charge in [0.2, 0.25) is 0 Å². The number of rotatable bonds is 3. The van der Waals surface area contributed by atoms with Crippen molar-refractivity contribution >= 4 is 25.2 Å². The fourth-order valence-corrected chi connectivity index (χ4v) is 1.03. The van der Waals surface area contributed by atoms with Gasteiger partial charge in [-0.25, -0.2) is 0 Å². The minimum Gasteiger partial charge on any atom is -0.511 e. The maximum atomic E-state index is 10.3. The molecule has 0 unspecified atom stereocenters. The van der Waals surface area contributed by atoms with Gasteiger partial charge in [-0.15, -0.1) is 0 Å². The second kappa shape index (κ2) is 4.27. The highest BCUT2D eigenvalue weighted by atomic mass is 35.5.